The minimum Gasteiger partial charge on any atom is -0.387 e. The molecule has 0 saturated carbocycles. The lowest BCUT2D eigenvalue weighted by molar-refractivity contribution is 0.0854. The summed E-state index contributed by atoms with van der Waals surface area (Å²) < 4.78 is 0. The first-order chi connectivity index (χ1) is 16.9. The third-order valence-corrected chi connectivity index (χ3v) is 5.46. The number of pyridine rings is 4. The molecule has 0 saturated heterocycles. The third-order valence-electron chi connectivity index (χ3n) is 5.46. The van der Waals surface area contributed by atoms with Gasteiger partial charge in [0.15, 0.2) is 12.2 Å². The van der Waals surface area contributed by atoms with Gasteiger partial charge in [0.2, 0.25) is 0 Å². The summed E-state index contributed by atoms with van der Waals surface area (Å²) in [5.74, 6) is 0. The summed E-state index contributed by atoms with van der Waals surface area (Å²) in [5.41, 5.74) is 6.06. The van der Waals surface area contributed by atoms with Crippen LogP contribution in [0, 0.1) is 0 Å². The van der Waals surface area contributed by atoms with E-state index in [9.17, 15) is 0 Å². The normalized spacial score (nSPS) is 18.6. The van der Waals surface area contributed by atoms with Gasteiger partial charge in [0.1, 0.15) is 0 Å². The first kappa shape index (κ1) is 21.4. The molecule has 0 radical (unpaired) electrons. The van der Waals surface area contributed by atoms with Crippen LogP contribution < -0.4 is 0 Å². The molecule has 8 nitrogen and oxygen atoms in total. The van der Waals surface area contributed by atoms with E-state index in [-0.39, 0.29) is 12.2 Å². The Morgan fingerprint density at radius 2 is 1.06 bits per heavy atom. The summed E-state index contributed by atoms with van der Waals surface area (Å²) >= 11 is 0. The van der Waals surface area contributed by atoms with E-state index in [1.165, 1.54) is 0 Å². The summed E-state index contributed by atoms with van der Waals surface area (Å²) in [4.78, 5) is 27.1. The van der Waals surface area contributed by atoms with Gasteiger partial charge in [0.05, 0.1) is 11.4 Å². The number of hydrogen-bond acceptors (Lipinski definition) is 8. The van der Waals surface area contributed by atoms with E-state index in [0.29, 0.717) is 0 Å². The molecular weight excluding hydrogens is 428 g/mol. The molecule has 2 atom stereocenters. The molecule has 8 heteroatoms. The molecule has 0 N–H and O–H groups in total. The molecule has 0 amide bonds. The Morgan fingerprint density at radius 3 is 1.56 bits per heavy atom. The van der Waals surface area contributed by atoms with E-state index in [1.54, 1.807) is 43.4 Å². The van der Waals surface area contributed by atoms with Crippen LogP contribution in [-0.4, -0.2) is 31.4 Å². The highest BCUT2D eigenvalue weighted by Crippen LogP contribution is 2.29. The third kappa shape index (κ3) is 5.12. The van der Waals surface area contributed by atoms with Crippen molar-refractivity contribution < 1.29 is 9.68 Å². The summed E-state index contributed by atoms with van der Waals surface area (Å²) in [6, 6.07) is 15.6. The number of oxime groups is 2. The maximum Gasteiger partial charge on any atom is 0.159 e. The second-order valence-corrected chi connectivity index (χ2v) is 7.72. The number of aromatic nitrogens is 4. The van der Waals surface area contributed by atoms with E-state index >= 15 is 0 Å². The van der Waals surface area contributed by atoms with Gasteiger partial charge >= 0.3 is 0 Å². The van der Waals surface area contributed by atoms with Crippen LogP contribution in [0.1, 0.15) is 47.3 Å². The van der Waals surface area contributed by atoms with Gasteiger partial charge in [-0.3, -0.25) is 19.9 Å². The smallest absolute Gasteiger partial charge is 0.159 e. The largest absolute Gasteiger partial charge is 0.387 e. The van der Waals surface area contributed by atoms with Gasteiger partial charge in [-0.05, 0) is 48.0 Å². The number of nitrogens with zero attached hydrogens (tertiary/aromatic N) is 6. The summed E-state index contributed by atoms with van der Waals surface area (Å²) in [6.45, 7) is 0. The second-order valence-electron chi connectivity index (χ2n) is 7.72. The van der Waals surface area contributed by atoms with E-state index in [4.69, 9.17) is 9.68 Å². The molecule has 0 fully saturated rings. The average Bonchev–Trinajstić information content (AvgIpc) is 3.62. The first-order valence-electron chi connectivity index (χ1n) is 10.9. The summed E-state index contributed by atoms with van der Waals surface area (Å²) in [7, 11) is 0. The molecule has 4 aromatic rings. The van der Waals surface area contributed by atoms with E-state index in [0.717, 1.165) is 46.5 Å². The van der Waals surface area contributed by atoms with Crippen molar-refractivity contribution in [3.63, 3.8) is 0 Å². The predicted molar refractivity (Wildman–Crippen MR) is 127 cm³/mol. The van der Waals surface area contributed by atoms with Crippen LogP contribution >= 0.6 is 0 Å². The van der Waals surface area contributed by atoms with Gasteiger partial charge in [-0.1, -0.05) is 16.4 Å². The molecule has 0 spiro atoms. The molecule has 34 heavy (non-hydrogen) atoms. The SMILES string of the molecule is c1cncc(C2=NOC(c3cccnc3)C2)c1.c1cncc(C2=NOC(c3ccncc3)C2)c1. The van der Waals surface area contributed by atoms with Crippen LogP contribution in [0.5, 0.6) is 0 Å². The van der Waals surface area contributed by atoms with Crippen LogP contribution in [0.2, 0.25) is 0 Å². The Hall–Kier alpha value is -4.46. The molecular formula is C26H22N6O2. The predicted octanol–water partition coefficient (Wildman–Crippen LogP) is 4.68. The Morgan fingerprint density at radius 1 is 0.529 bits per heavy atom. The minimum absolute atomic E-state index is 0.00629. The standard InChI is InChI=1S/2C13H11N3O/c1-3-10(8-14-5-1)12-7-13(17-16-12)11-4-2-6-15-9-11;1-2-11(9-15-5-1)12-8-13(17-16-12)10-3-6-14-7-4-10/h1-6,8-9,13H,7H2;1-7,9,13H,8H2. The highest BCUT2D eigenvalue weighted by atomic mass is 16.6. The van der Waals surface area contributed by atoms with Crippen LogP contribution in [0.3, 0.4) is 0 Å². The van der Waals surface area contributed by atoms with Crippen molar-refractivity contribution in [1.82, 2.24) is 19.9 Å². The van der Waals surface area contributed by atoms with Crippen molar-refractivity contribution in [2.75, 3.05) is 0 Å². The lowest BCUT2D eigenvalue weighted by Crippen LogP contribution is -2.01. The minimum atomic E-state index is -0.0288. The van der Waals surface area contributed by atoms with E-state index < -0.39 is 0 Å². The molecule has 0 aliphatic carbocycles. The fourth-order valence-corrected chi connectivity index (χ4v) is 3.66. The fourth-order valence-electron chi connectivity index (χ4n) is 3.66. The zero-order valence-electron chi connectivity index (χ0n) is 18.3. The fraction of sp³-hybridized carbons (Fsp3) is 0.154. The maximum atomic E-state index is 5.44. The lowest BCUT2D eigenvalue weighted by atomic mass is 10.0. The summed E-state index contributed by atoms with van der Waals surface area (Å²) in [6.07, 6.45) is 15.7. The Balaban J connectivity index is 0.000000142. The molecule has 0 bridgehead atoms. The van der Waals surface area contributed by atoms with Crippen molar-refractivity contribution in [3.05, 3.63) is 120 Å². The van der Waals surface area contributed by atoms with Crippen molar-refractivity contribution >= 4 is 11.4 Å². The molecule has 6 rings (SSSR count). The van der Waals surface area contributed by atoms with Gasteiger partial charge in [-0.2, -0.15) is 0 Å². The molecule has 4 aromatic heterocycles. The Bertz CT molecular complexity index is 1150. The molecule has 2 aliphatic rings. The molecule has 0 aromatic carbocycles. The van der Waals surface area contributed by atoms with Crippen LogP contribution in [0.15, 0.2) is 108 Å². The maximum absolute atomic E-state index is 5.44. The Kier molecular flexibility index (Phi) is 6.57. The second kappa shape index (κ2) is 10.4. The highest BCUT2D eigenvalue weighted by Gasteiger charge is 2.24. The number of rotatable bonds is 4. The molecule has 2 aliphatic heterocycles. The summed E-state index contributed by atoms with van der Waals surface area (Å²) in [5, 5.41) is 8.23. The van der Waals surface area contributed by atoms with E-state index in [2.05, 4.69) is 30.2 Å². The molecule has 6 heterocycles. The highest BCUT2D eigenvalue weighted by molar-refractivity contribution is 6.01. The monoisotopic (exact) mass is 450 g/mol. The van der Waals surface area contributed by atoms with Crippen LogP contribution in [0.4, 0.5) is 0 Å². The first-order valence-corrected chi connectivity index (χ1v) is 10.9. The van der Waals surface area contributed by atoms with Crippen molar-refractivity contribution in [3.8, 4) is 0 Å². The number of hydrogen-bond donors (Lipinski definition) is 0. The van der Waals surface area contributed by atoms with Gasteiger partial charge in [-0.25, -0.2) is 0 Å². The lowest BCUT2D eigenvalue weighted by Gasteiger charge is -2.06. The van der Waals surface area contributed by atoms with Crippen LogP contribution in [-0.2, 0) is 9.68 Å². The average molecular weight is 451 g/mol. The van der Waals surface area contributed by atoms with E-state index in [1.807, 2.05) is 54.7 Å². The van der Waals surface area contributed by atoms with Crippen molar-refractivity contribution in [2.45, 2.75) is 25.0 Å². The zero-order chi connectivity index (χ0) is 23.0. The topological polar surface area (TPSA) is 94.7 Å². The quantitative estimate of drug-likeness (QED) is 0.448. The molecule has 168 valence electrons. The Labute approximate surface area is 197 Å². The van der Waals surface area contributed by atoms with Crippen molar-refractivity contribution in [1.29, 1.82) is 0 Å². The van der Waals surface area contributed by atoms with Crippen LogP contribution in [0.25, 0.3) is 0 Å². The van der Waals surface area contributed by atoms with Gasteiger partial charge in [0.25, 0.3) is 0 Å². The van der Waals surface area contributed by atoms with Gasteiger partial charge < -0.3 is 9.68 Å². The van der Waals surface area contributed by atoms with Gasteiger partial charge in [0, 0.05) is 79.1 Å². The van der Waals surface area contributed by atoms with Gasteiger partial charge in [-0.15, -0.1) is 0 Å². The van der Waals surface area contributed by atoms with Crippen molar-refractivity contribution in [2.24, 2.45) is 10.3 Å². The molecule has 2 unspecified atom stereocenters. The zero-order valence-corrected chi connectivity index (χ0v) is 18.3.